The molecule has 0 saturated carbocycles. The Morgan fingerprint density at radius 3 is 2.48 bits per heavy atom. The zero-order valence-corrected chi connectivity index (χ0v) is 17.9. The molecular formula is C20H26N2O3S2. The Morgan fingerprint density at radius 1 is 1.15 bits per heavy atom. The third kappa shape index (κ3) is 5.57. The normalized spacial score (nSPS) is 12.8. The van der Waals surface area contributed by atoms with Gasteiger partial charge in [-0.3, -0.25) is 4.79 Å². The van der Waals surface area contributed by atoms with E-state index in [4.69, 9.17) is 0 Å². The van der Waals surface area contributed by atoms with E-state index in [9.17, 15) is 13.2 Å². The molecule has 0 aliphatic carbocycles. The summed E-state index contributed by atoms with van der Waals surface area (Å²) < 4.78 is 25.7. The van der Waals surface area contributed by atoms with Crippen molar-refractivity contribution in [3.05, 3.63) is 59.2 Å². The second-order valence-electron chi connectivity index (χ2n) is 6.70. The van der Waals surface area contributed by atoms with E-state index in [1.807, 2.05) is 45.0 Å². The van der Waals surface area contributed by atoms with Crippen molar-refractivity contribution in [1.82, 2.24) is 4.31 Å². The molecule has 0 bridgehead atoms. The number of sulfonamides is 1. The first-order valence-electron chi connectivity index (χ1n) is 8.62. The average Bonchev–Trinajstić information content (AvgIpc) is 2.62. The van der Waals surface area contributed by atoms with Crippen molar-refractivity contribution in [2.45, 2.75) is 36.7 Å². The van der Waals surface area contributed by atoms with Gasteiger partial charge in [0.1, 0.15) is 0 Å². The van der Waals surface area contributed by atoms with Gasteiger partial charge in [0, 0.05) is 25.5 Å². The molecule has 0 saturated heterocycles. The molecule has 0 radical (unpaired) electrons. The highest BCUT2D eigenvalue weighted by molar-refractivity contribution is 7.99. The van der Waals surface area contributed by atoms with E-state index in [0.29, 0.717) is 5.75 Å². The number of hydrogen-bond acceptors (Lipinski definition) is 4. The predicted molar refractivity (Wildman–Crippen MR) is 113 cm³/mol. The quantitative estimate of drug-likeness (QED) is 0.759. The molecule has 1 amide bonds. The van der Waals surface area contributed by atoms with Gasteiger partial charge in [-0.25, -0.2) is 12.7 Å². The number of anilines is 1. The second-order valence-corrected chi connectivity index (χ2v) is 10.2. The zero-order chi connectivity index (χ0) is 20.2. The van der Waals surface area contributed by atoms with Gasteiger partial charge in [-0.1, -0.05) is 29.8 Å². The van der Waals surface area contributed by atoms with Crippen LogP contribution in [0.4, 0.5) is 5.69 Å². The molecule has 2 aromatic carbocycles. The van der Waals surface area contributed by atoms with Crippen molar-refractivity contribution in [1.29, 1.82) is 0 Å². The van der Waals surface area contributed by atoms with Crippen LogP contribution in [0.5, 0.6) is 0 Å². The van der Waals surface area contributed by atoms with Crippen molar-refractivity contribution >= 4 is 33.4 Å². The number of aryl methyl sites for hydroxylation is 2. The SMILES string of the molecule is Cc1ccc(NC(=O)C(C)SCc2cccc(S(=O)(=O)N(C)C)c2)c(C)c1. The van der Waals surface area contributed by atoms with E-state index < -0.39 is 10.0 Å². The molecule has 5 nitrogen and oxygen atoms in total. The summed E-state index contributed by atoms with van der Waals surface area (Å²) in [6.45, 7) is 5.84. The summed E-state index contributed by atoms with van der Waals surface area (Å²) in [5, 5.41) is 2.70. The molecule has 0 heterocycles. The summed E-state index contributed by atoms with van der Waals surface area (Å²) in [6.07, 6.45) is 0. The van der Waals surface area contributed by atoms with Gasteiger partial charge in [0.2, 0.25) is 15.9 Å². The highest BCUT2D eigenvalue weighted by Gasteiger charge is 2.18. The Labute approximate surface area is 166 Å². The Balaban J connectivity index is 2.01. The number of thioether (sulfide) groups is 1. The Hall–Kier alpha value is -1.83. The molecule has 0 spiro atoms. The highest BCUT2D eigenvalue weighted by atomic mass is 32.2. The molecule has 1 atom stereocenters. The summed E-state index contributed by atoms with van der Waals surface area (Å²) in [6, 6.07) is 12.8. The number of nitrogens with zero attached hydrogens (tertiary/aromatic N) is 1. The lowest BCUT2D eigenvalue weighted by Crippen LogP contribution is -2.23. The first-order chi connectivity index (χ1) is 12.6. The lowest BCUT2D eigenvalue weighted by molar-refractivity contribution is -0.115. The molecule has 7 heteroatoms. The van der Waals surface area contributed by atoms with Crippen molar-refractivity contribution in [3.8, 4) is 0 Å². The molecule has 2 rings (SSSR count). The van der Waals surface area contributed by atoms with Gasteiger partial charge in [-0.2, -0.15) is 0 Å². The number of carbonyl (C=O) groups is 1. The third-order valence-corrected chi connectivity index (χ3v) is 7.21. The van der Waals surface area contributed by atoms with Crippen LogP contribution in [-0.4, -0.2) is 38.0 Å². The van der Waals surface area contributed by atoms with Gasteiger partial charge in [-0.15, -0.1) is 11.8 Å². The van der Waals surface area contributed by atoms with E-state index in [1.54, 1.807) is 18.2 Å². The summed E-state index contributed by atoms with van der Waals surface area (Å²) in [5.74, 6) is 0.488. The number of nitrogens with one attached hydrogen (secondary N) is 1. The van der Waals surface area contributed by atoms with Gasteiger partial charge >= 0.3 is 0 Å². The lowest BCUT2D eigenvalue weighted by Gasteiger charge is -2.15. The summed E-state index contributed by atoms with van der Waals surface area (Å²) in [7, 11) is -0.438. The van der Waals surface area contributed by atoms with Gasteiger partial charge in [-0.05, 0) is 50.1 Å². The molecule has 2 aromatic rings. The summed E-state index contributed by atoms with van der Waals surface area (Å²) in [5.41, 5.74) is 3.87. The molecular weight excluding hydrogens is 380 g/mol. The molecule has 0 fully saturated rings. The van der Waals surface area contributed by atoms with Gasteiger partial charge < -0.3 is 5.32 Å². The fraction of sp³-hybridized carbons (Fsp3) is 0.350. The monoisotopic (exact) mass is 406 g/mol. The van der Waals surface area contributed by atoms with Crippen molar-refractivity contribution in [2.24, 2.45) is 0 Å². The first-order valence-corrected chi connectivity index (χ1v) is 11.1. The number of amides is 1. The summed E-state index contributed by atoms with van der Waals surface area (Å²) >= 11 is 1.47. The maximum absolute atomic E-state index is 12.5. The molecule has 0 aliphatic rings. The minimum absolute atomic E-state index is 0.0657. The smallest absolute Gasteiger partial charge is 0.242 e. The maximum Gasteiger partial charge on any atom is 0.242 e. The fourth-order valence-electron chi connectivity index (χ4n) is 2.49. The highest BCUT2D eigenvalue weighted by Crippen LogP contribution is 2.23. The molecule has 146 valence electrons. The van der Waals surface area contributed by atoms with Gasteiger partial charge in [0.25, 0.3) is 0 Å². The van der Waals surface area contributed by atoms with Crippen LogP contribution in [0.15, 0.2) is 47.4 Å². The van der Waals surface area contributed by atoms with E-state index in [0.717, 1.165) is 22.4 Å². The van der Waals surface area contributed by atoms with E-state index >= 15 is 0 Å². The number of carbonyl (C=O) groups excluding carboxylic acids is 1. The Kier molecular flexibility index (Phi) is 7.08. The molecule has 27 heavy (non-hydrogen) atoms. The third-order valence-electron chi connectivity index (χ3n) is 4.19. The van der Waals surface area contributed by atoms with Crippen LogP contribution < -0.4 is 5.32 Å². The van der Waals surface area contributed by atoms with Crippen LogP contribution in [0.1, 0.15) is 23.6 Å². The van der Waals surface area contributed by atoms with Crippen LogP contribution in [0.25, 0.3) is 0 Å². The van der Waals surface area contributed by atoms with E-state index in [2.05, 4.69) is 5.32 Å². The van der Waals surface area contributed by atoms with Crippen LogP contribution in [0.2, 0.25) is 0 Å². The minimum Gasteiger partial charge on any atom is -0.325 e. The average molecular weight is 407 g/mol. The number of hydrogen-bond donors (Lipinski definition) is 1. The van der Waals surface area contributed by atoms with Crippen LogP contribution in [0.3, 0.4) is 0 Å². The van der Waals surface area contributed by atoms with Crippen LogP contribution >= 0.6 is 11.8 Å². The predicted octanol–water partition coefficient (Wildman–Crippen LogP) is 3.81. The largest absolute Gasteiger partial charge is 0.325 e. The topological polar surface area (TPSA) is 66.5 Å². The Bertz CT molecular complexity index is 925. The van der Waals surface area contributed by atoms with Crippen molar-refractivity contribution in [3.63, 3.8) is 0 Å². The van der Waals surface area contributed by atoms with Crippen molar-refractivity contribution in [2.75, 3.05) is 19.4 Å². The molecule has 0 aliphatic heterocycles. The fourth-order valence-corrected chi connectivity index (χ4v) is 4.30. The standard InChI is InChI=1S/C20H26N2O3S2/c1-14-9-10-19(15(2)11-14)21-20(23)16(3)26-13-17-7-6-8-18(12-17)27(24,25)22(4)5/h6-12,16H,13H2,1-5H3,(H,21,23). The minimum atomic E-state index is -3.46. The number of rotatable bonds is 7. The first kappa shape index (κ1) is 21.5. The van der Waals surface area contributed by atoms with Crippen LogP contribution in [0, 0.1) is 13.8 Å². The maximum atomic E-state index is 12.5. The molecule has 1 N–H and O–H groups in total. The van der Waals surface area contributed by atoms with Gasteiger partial charge in [0.05, 0.1) is 10.1 Å². The Morgan fingerprint density at radius 2 is 1.85 bits per heavy atom. The van der Waals surface area contributed by atoms with Crippen molar-refractivity contribution < 1.29 is 13.2 Å². The zero-order valence-electron chi connectivity index (χ0n) is 16.3. The molecule has 0 aromatic heterocycles. The van der Waals surface area contributed by atoms with Crippen LogP contribution in [-0.2, 0) is 20.6 Å². The lowest BCUT2D eigenvalue weighted by atomic mass is 10.1. The van der Waals surface area contributed by atoms with E-state index in [1.165, 1.54) is 30.2 Å². The molecule has 1 unspecified atom stereocenters. The second kappa shape index (κ2) is 8.91. The summed E-state index contributed by atoms with van der Waals surface area (Å²) in [4.78, 5) is 12.7. The van der Waals surface area contributed by atoms with E-state index in [-0.39, 0.29) is 16.1 Å². The van der Waals surface area contributed by atoms with Gasteiger partial charge in [0.15, 0.2) is 0 Å². The number of benzene rings is 2.